The lowest BCUT2D eigenvalue weighted by molar-refractivity contribution is -0.117. The number of likely N-dealkylation sites (N-methyl/N-ethyl adjacent to an activating group) is 1. The number of nitrogens with one attached hydrogen (secondary N) is 1. The van der Waals surface area contributed by atoms with Crippen LogP contribution in [0.15, 0.2) is 18.6 Å². The lowest BCUT2D eigenvalue weighted by Crippen LogP contribution is -2.31. The second-order valence-electron chi connectivity index (χ2n) is 5.34. The number of aromatic nitrogens is 5. The summed E-state index contributed by atoms with van der Waals surface area (Å²) in [7, 11) is 3.68. The molecule has 0 unspecified atom stereocenters. The number of carbonyl (C=O) groups is 1. The summed E-state index contributed by atoms with van der Waals surface area (Å²) in [6, 6.07) is 2.05. The fourth-order valence-electron chi connectivity index (χ4n) is 2.02. The van der Waals surface area contributed by atoms with Crippen molar-refractivity contribution in [1.29, 1.82) is 0 Å². The summed E-state index contributed by atoms with van der Waals surface area (Å²) in [6.07, 6.45) is 3.49. The van der Waals surface area contributed by atoms with Gasteiger partial charge < -0.3 is 9.88 Å². The second-order valence-corrected chi connectivity index (χ2v) is 5.34. The summed E-state index contributed by atoms with van der Waals surface area (Å²) in [4.78, 5) is 13.8. The lowest BCUT2D eigenvalue weighted by atomic mass is 10.3. The van der Waals surface area contributed by atoms with E-state index in [0.29, 0.717) is 18.4 Å². The molecule has 0 aliphatic carbocycles. The number of amides is 1. The standard InChI is InChI=1S/C13H21N7O/c1-10(2)20-9-14-16-12(20)7-18(3)8-13(21)15-11-5-6-19(4)17-11/h5-6,9-10H,7-8H2,1-4H3,(H,15,17,21). The van der Waals surface area contributed by atoms with Gasteiger partial charge in [0.25, 0.3) is 0 Å². The van der Waals surface area contributed by atoms with Crippen molar-refractivity contribution in [3.8, 4) is 0 Å². The number of aryl methyl sites for hydroxylation is 1. The first-order valence-electron chi connectivity index (χ1n) is 6.82. The molecule has 0 aromatic carbocycles. The van der Waals surface area contributed by atoms with E-state index in [1.807, 2.05) is 16.5 Å². The fourth-order valence-corrected chi connectivity index (χ4v) is 2.02. The molecule has 8 nitrogen and oxygen atoms in total. The van der Waals surface area contributed by atoms with E-state index < -0.39 is 0 Å². The number of nitrogens with zero attached hydrogens (tertiary/aromatic N) is 6. The van der Waals surface area contributed by atoms with E-state index in [9.17, 15) is 4.79 Å². The van der Waals surface area contributed by atoms with Crippen LogP contribution in [-0.4, -0.2) is 48.9 Å². The van der Waals surface area contributed by atoms with E-state index in [-0.39, 0.29) is 12.5 Å². The van der Waals surface area contributed by atoms with Crippen molar-refractivity contribution in [1.82, 2.24) is 29.4 Å². The molecule has 1 amide bonds. The minimum Gasteiger partial charge on any atom is -0.314 e. The molecular formula is C13H21N7O. The normalized spacial score (nSPS) is 11.3. The Bertz CT molecular complexity index is 601. The van der Waals surface area contributed by atoms with Crippen LogP contribution in [0, 0.1) is 0 Å². The van der Waals surface area contributed by atoms with Crippen molar-refractivity contribution in [2.45, 2.75) is 26.4 Å². The highest BCUT2D eigenvalue weighted by molar-refractivity contribution is 5.91. The molecule has 2 rings (SSSR count). The molecule has 0 aliphatic rings. The summed E-state index contributed by atoms with van der Waals surface area (Å²) in [5, 5.41) is 14.9. The largest absolute Gasteiger partial charge is 0.314 e. The maximum absolute atomic E-state index is 11.9. The zero-order valence-corrected chi connectivity index (χ0v) is 12.8. The molecule has 0 spiro atoms. The lowest BCUT2D eigenvalue weighted by Gasteiger charge is -2.17. The van der Waals surface area contributed by atoms with Crippen LogP contribution in [0.2, 0.25) is 0 Å². The van der Waals surface area contributed by atoms with E-state index in [1.54, 1.807) is 30.3 Å². The van der Waals surface area contributed by atoms with E-state index in [1.165, 1.54) is 0 Å². The van der Waals surface area contributed by atoms with Gasteiger partial charge in [0.15, 0.2) is 5.82 Å². The molecule has 0 radical (unpaired) electrons. The molecule has 21 heavy (non-hydrogen) atoms. The van der Waals surface area contributed by atoms with E-state index in [2.05, 4.69) is 34.5 Å². The molecule has 0 bridgehead atoms. The summed E-state index contributed by atoms with van der Waals surface area (Å²) < 4.78 is 3.64. The van der Waals surface area contributed by atoms with Gasteiger partial charge in [-0.15, -0.1) is 10.2 Å². The summed E-state index contributed by atoms with van der Waals surface area (Å²) in [5.41, 5.74) is 0. The van der Waals surface area contributed by atoms with E-state index >= 15 is 0 Å². The molecule has 0 saturated carbocycles. The Morgan fingerprint density at radius 2 is 2.24 bits per heavy atom. The van der Waals surface area contributed by atoms with Crippen LogP contribution in [0.4, 0.5) is 5.82 Å². The molecule has 0 fully saturated rings. The van der Waals surface area contributed by atoms with Gasteiger partial charge in [0.2, 0.25) is 5.91 Å². The monoisotopic (exact) mass is 291 g/mol. The quantitative estimate of drug-likeness (QED) is 0.845. The topological polar surface area (TPSA) is 80.9 Å². The van der Waals surface area contributed by atoms with Gasteiger partial charge in [-0.25, -0.2) is 0 Å². The van der Waals surface area contributed by atoms with Crippen LogP contribution in [-0.2, 0) is 18.4 Å². The highest BCUT2D eigenvalue weighted by Crippen LogP contribution is 2.08. The van der Waals surface area contributed by atoms with Crippen LogP contribution in [0.3, 0.4) is 0 Å². The first kappa shape index (κ1) is 15.2. The Balaban J connectivity index is 1.87. The molecule has 0 aliphatic heterocycles. The first-order valence-corrected chi connectivity index (χ1v) is 6.82. The molecule has 114 valence electrons. The van der Waals surface area contributed by atoms with Gasteiger partial charge >= 0.3 is 0 Å². The number of carbonyl (C=O) groups excluding carboxylic acids is 1. The van der Waals surface area contributed by atoms with Crippen LogP contribution in [0.1, 0.15) is 25.7 Å². The molecular weight excluding hydrogens is 270 g/mol. The van der Waals surface area contributed by atoms with Crippen molar-refractivity contribution < 1.29 is 4.79 Å². The Hall–Kier alpha value is -2.22. The zero-order valence-electron chi connectivity index (χ0n) is 12.8. The minimum absolute atomic E-state index is 0.105. The van der Waals surface area contributed by atoms with Crippen molar-refractivity contribution >= 4 is 11.7 Å². The predicted octanol–water partition coefficient (Wildman–Crippen LogP) is 0.663. The van der Waals surface area contributed by atoms with Crippen molar-refractivity contribution in [3.05, 3.63) is 24.4 Å². The van der Waals surface area contributed by atoms with Crippen LogP contribution >= 0.6 is 0 Å². The summed E-state index contributed by atoms with van der Waals surface area (Å²) >= 11 is 0. The van der Waals surface area contributed by atoms with Crippen molar-refractivity contribution in [2.24, 2.45) is 7.05 Å². The third-order valence-corrected chi connectivity index (χ3v) is 3.01. The summed E-state index contributed by atoms with van der Waals surface area (Å²) in [6.45, 7) is 4.97. The smallest absolute Gasteiger partial charge is 0.239 e. The van der Waals surface area contributed by atoms with Crippen LogP contribution in [0.5, 0.6) is 0 Å². The van der Waals surface area contributed by atoms with Crippen molar-refractivity contribution in [3.63, 3.8) is 0 Å². The number of hydrogen-bond donors (Lipinski definition) is 1. The van der Waals surface area contributed by atoms with Crippen molar-refractivity contribution in [2.75, 3.05) is 18.9 Å². The predicted molar refractivity (Wildman–Crippen MR) is 78.6 cm³/mol. The fraction of sp³-hybridized carbons (Fsp3) is 0.538. The van der Waals surface area contributed by atoms with Gasteiger partial charge in [0.1, 0.15) is 12.2 Å². The highest BCUT2D eigenvalue weighted by Gasteiger charge is 2.13. The number of rotatable bonds is 6. The molecule has 2 heterocycles. The SMILES string of the molecule is CC(C)n1cnnc1CN(C)CC(=O)Nc1ccn(C)n1. The van der Waals surface area contributed by atoms with Crippen LogP contribution in [0.25, 0.3) is 0 Å². The minimum atomic E-state index is -0.105. The Kier molecular flexibility index (Phi) is 4.69. The van der Waals surface area contributed by atoms with E-state index in [4.69, 9.17) is 0 Å². The Labute approximate surface area is 123 Å². The molecule has 1 N–H and O–H groups in total. The third kappa shape index (κ3) is 4.12. The Morgan fingerprint density at radius 3 is 2.86 bits per heavy atom. The zero-order chi connectivity index (χ0) is 15.4. The van der Waals surface area contributed by atoms with Crippen LogP contribution < -0.4 is 5.32 Å². The van der Waals surface area contributed by atoms with Gasteiger partial charge in [-0.1, -0.05) is 0 Å². The molecule has 2 aromatic rings. The highest BCUT2D eigenvalue weighted by atomic mass is 16.2. The summed E-state index contributed by atoms with van der Waals surface area (Å²) in [5.74, 6) is 1.30. The Morgan fingerprint density at radius 1 is 1.48 bits per heavy atom. The van der Waals surface area contributed by atoms with Gasteiger partial charge in [0, 0.05) is 25.4 Å². The van der Waals surface area contributed by atoms with E-state index in [0.717, 1.165) is 5.82 Å². The maximum Gasteiger partial charge on any atom is 0.239 e. The molecule has 0 atom stereocenters. The third-order valence-electron chi connectivity index (χ3n) is 3.01. The van der Waals surface area contributed by atoms with Gasteiger partial charge in [-0.05, 0) is 20.9 Å². The molecule has 2 aromatic heterocycles. The maximum atomic E-state index is 11.9. The first-order chi connectivity index (χ1) is 9.95. The van der Waals surface area contributed by atoms with Gasteiger partial charge in [-0.2, -0.15) is 5.10 Å². The number of anilines is 1. The average Bonchev–Trinajstić information content (AvgIpc) is 2.98. The number of hydrogen-bond acceptors (Lipinski definition) is 5. The van der Waals surface area contributed by atoms with Gasteiger partial charge in [-0.3, -0.25) is 14.4 Å². The van der Waals surface area contributed by atoms with Gasteiger partial charge in [0.05, 0.1) is 13.1 Å². The molecule has 0 saturated heterocycles. The second kappa shape index (κ2) is 6.49. The average molecular weight is 291 g/mol. The molecule has 8 heteroatoms.